The average Bonchev–Trinajstić information content (AvgIpc) is 3.45. The summed E-state index contributed by atoms with van der Waals surface area (Å²) >= 11 is 0. The van der Waals surface area contributed by atoms with Crippen LogP contribution in [0.5, 0.6) is 0 Å². The van der Waals surface area contributed by atoms with Crippen molar-refractivity contribution >= 4 is 71.2 Å². The maximum atomic E-state index is 2.48. The molecular formula is C48H42N2. The van der Waals surface area contributed by atoms with Crippen LogP contribution in [-0.4, -0.2) is 4.57 Å². The van der Waals surface area contributed by atoms with Gasteiger partial charge in [0.2, 0.25) is 0 Å². The van der Waals surface area contributed by atoms with Crippen LogP contribution >= 0.6 is 0 Å². The van der Waals surface area contributed by atoms with Gasteiger partial charge in [-0.1, -0.05) is 139 Å². The van der Waals surface area contributed by atoms with Crippen LogP contribution < -0.4 is 4.90 Å². The summed E-state index contributed by atoms with van der Waals surface area (Å²) in [5, 5.41) is 10.2. The molecule has 1 heterocycles. The van der Waals surface area contributed by atoms with Crippen LogP contribution in [0, 0.1) is 0 Å². The van der Waals surface area contributed by atoms with E-state index in [-0.39, 0.29) is 10.8 Å². The predicted molar refractivity (Wildman–Crippen MR) is 217 cm³/mol. The van der Waals surface area contributed by atoms with Crippen molar-refractivity contribution in [3.63, 3.8) is 0 Å². The quantitative estimate of drug-likeness (QED) is 0.173. The predicted octanol–water partition coefficient (Wildman–Crippen LogP) is 13.7. The van der Waals surface area contributed by atoms with Crippen molar-refractivity contribution in [2.75, 3.05) is 4.90 Å². The molecule has 0 aliphatic carbocycles. The van der Waals surface area contributed by atoms with E-state index >= 15 is 0 Å². The van der Waals surface area contributed by atoms with Crippen LogP contribution in [0.1, 0.15) is 52.7 Å². The van der Waals surface area contributed by atoms with E-state index in [0.29, 0.717) is 0 Å². The van der Waals surface area contributed by atoms with Gasteiger partial charge in [-0.25, -0.2) is 0 Å². The Morgan fingerprint density at radius 1 is 0.420 bits per heavy atom. The Morgan fingerprint density at radius 3 is 1.52 bits per heavy atom. The second-order valence-corrected chi connectivity index (χ2v) is 15.9. The molecule has 0 saturated carbocycles. The third-order valence-corrected chi connectivity index (χ3v) is 10.6. The van der Waals surface area contributed by atoms with Crippen LogP contribution in [0.3, 0.4) is 0 Å². The molecule has 9 rings (SSSR count). The number of rotatable bonds is 4. The summed E-state index contributed by atoms with van der Waals surface area (Å²) in [4.78, 5) is 2.48. The average molecular weight is 647 g/mol. The van der Waals surface area contributed by atoms with Crippen LogP contribution in [0.25, 0.3) is 59.8 Å². The zero-order valence-corrected chi connectivity index (χ0v) is 29.8. The SMILES string of the molecule is CC(C)(C)c1cc(N(c2ccccc2)c2ccc3ccc4c(-n5c6ccccc6c6ccccc65)ccc5ccc2c3c54)cc(C(C)(C)C)c1. The molecule has 50 heavy (non-hydrogen) atoms. The first-order valence-corrected chi connectivity index (χ1v) is 17.8. The Balaban J connectivity index is 1.35. The molecule has 0 atom stereocenters. The molecule has 9 aromatic rings. The molecule has 0 aliphatic heterocycles. The number of aromatic nitrogens is 1. The summed E-state index contributed by atoms with van der Waals surface area (Å²) in [6.45, 7) is 13.9. The smallest absolute Gasteiger partial charge is 0.0541 e. The second-order valence-electron chi connectivity index (χ2n) is 15.9. The second kappa shape index (κ2) is 11.0. The molecule has 2 nitrogen and oxygen atoms in total. The van der Waals surface area contributed by atoms with E-state index in [4.69, 9.17) is 0 Å². The summed E-state index contributed by atoms with van der Waals surface area (Å²) in [7, 11) is 0. The largest absolute Gasteiger partial charge is 0.310 e. The van der Waals surface area contributed by atoms with Gasteiger partial charge in [0.15, 0.2) is 0 Å². The molecule has 0 radical (unpaired) electrons. The number of hydrogen-bond acceptors (Lipinski definition) is 1. The zero-order valence-electron chi connectivity index (χ0n) is 29.8. The minimum atomic E-state index is 0.00420. The molecule has 0 spiro atoms. The highest BCUT2D eigenvalue weighted by Crippen LogP contribution is 2.47. The normalized spacial score (nSPS) is 12.6. The van der Waals surface area contributed by atoms with Crippen LogP contribution in [0.4, 0.5) is 17.1 Å². The summed E-state index contributed by atoms with van der Waals surface area (Å²) in [6, 6.07) is 54.2. The number of anilines is 3. The van der Waals surface area contributed by atoms with Gasteiger partial charge < -0.3 is 9.47 Å². The Hall–Kier alpha value is -5.60. The van der Waals surface area contributed by atoms with Crippen LogP contribution in [0.15, 0.2) is 146 Å². The molecule has 0 aliphatic rings. The number of fused-ring (bicyclic) bond motifs is 3. The van der Waals surface area contributed by atoms with Gasteiger partial charge in [-0.15, -0.1) is 0 Å². The lowest BCUT2D eigenvalue weighted by atomic mass is 9.80. The first kappa shape index (κ1) is 30.5. The van der Waals surface area contributed by atoms with E-state index in [1.165, 1.54) is 82.3 Å². The first-order chi connectivity index (χ1) is 24.1. The summed E-state index contributed by atoms with van der Waals surface area (Å²) in [6.07, 6.45) is 0. The van der Waals surface area contributed by atoms with Crippen LogP contribution in [-0.2, 0) is 10.8 Å². The minimum Gasteiger partial charge on any atom is -0.310 e. The topological polar surface area (TPSA) is 8.17 Å². The molecule has 0 saturated heterocycles. The fourth-order valence-corrected chi connectivity index (χ4v) is 7.95. The van der Waals surface area contributed by atoms with Crippen molar-refractivity contribution in [3.05, 3.63) is 157 Å². The highest BCUT2D eigenvalue weighted by atomic mass is 15.1. The molecule has 0 fully saturated rings. The number of nitrogens with zero attached hydrogens (tertiary/aromatic N) is 2. The van der Waals surface area contributed by atoms with E-state index in [0.717, 1.165) is 5.69 Å². The Morgan fingerprint density at radius 2 is 0.920 bits per heavy atom. The van der Waals surface area contributed by atoms with Crippen molar-refractivity contribution in [1.29, 1.82) is 0 Å². The highest BCUT2D eigenvalue weighted by molar-refractivity contribution is 6.27. The van der Waals surface area contributed by atoms with Crippen molar-refractivity contribution < 1.29 is 0 Å². The van der Waals surface area contributed by atoms with Crippen molar-refractivity contribution in [2.24, 2.45) is 0 Å². The standard InChI is InChI=1S/C48H42N2/c1-47(2,3)33-28-34(48(4,5)6)30-36(29-33)49(35-14-8-7-9-15-35)43-26-22-31-21-25-40-44(27-23-32-20-24-39(43)45(31)46(32)40)50-41-18-12-10-16-37(41)38-17-11-13-19-42(38)50/h7-30H,1-6H3. The third kappa shape index (κ3) is 4.70. The highest BCUT2D eigenvalue weighted by Gasteiger charge is 2.25. The third-order valence-electron chi connectivity index (χ3n) is 10.6. The monoisotopic (exact) mass is 646 g/mol. The number of hydrogen-bond donors (Lipinski definition) is 0. The molecular weight excluding hydrogens is 605 g/mol. The Kier molecular flexibility index (Phi) is 6.67. The van der Waals surface area contributed by atoms with Crippen molar-refractivity contribution in [3.8, 4) is 5.69 Å². The molecule has 0 amide bonds. The summed E-state index contributed by atoms with van der Waals surface area (Å²) in [5.74, 6) is 0. The van der Waals surface area contributed by atoms with E-state index in [1.807, 2.05) is 0 Å². The minimum absolute atomic E-state index is 0.00420. The van der Waals surface area contributed by atoms with Gasteiger partial charge in [-0.2, -0.15) is 0 Å². The number of benzene rings is 8. The van der Waals surface area contributed by atoms with E-state index in [2.05, 4.69) is 197 Å². The van der Waals surface area contributed by atoms with Crippen molar-refractivity contribution in [2.45, 2.75) is 52.4 Å². The fraction of sp³-hybridized carbons (Fsp3) is 0.167. The summed E-state index contributed by atoms with van der Waals surface area (Å²) < 4.78 is 2.46. The Labute approximate surface area is 294 Å². The maximum absolute atomic E-state index is 2.48. The van der Waals surface area contributed by atoms with E-state index in [1.54, 1.807) is 0 Å². The molecule has 0 unspecified atom stereocenters. The molecule has 8 aromatic carbocycles. The van der Waals surface area contributed by atoms with E-state index in [9.17, 15) is 0 Å². The molecule has 2 heteroatoms. The Bertz CT molecular complexity index is 2630. The van der Waals surface area contributed by atoms with Crippen molar-refractivity contribution in [1.82, 2.24) is 4.57 Å². The van der Waals surface area contributed by atoms with Gasteiger partial charge in [0.25, 0.3) is 0 Å². The number of para-hydroxylation sites is 3. The lowest BCUT2D eigenvalue weighted by Gasteiger charge is -2.32. The maximum Gasteiger partial charge on any atom is 0.0541 e. The zero-order chi connectivity index (χ0) is 34.4. The molecule has 244 valence electrons. The van der Waals surface area contributed by atoms with E-state index < -0.39 is 0 Å². The summed E-state index contributed by atoms with van der Waals surface area (Å²) in [5.41, 5.74) is 9.89. The first-order valence-electron chi connectivity index (χ1n) is 17.8. The lowest BCUT2D eigenvalue weighted by Crippen LogP contribution is -2.19. The van der Waals surface area contributed by atoms with Gasteiger partial charge >= 0.3 is 0 Å². The fourth-order valence-electron chi connectivity index (χ4n) is 7.95. The molecule has 0 N–H and O–H groups in total. The van der Waals surface area contributed by atoms with Gasteiger partial charge in [-0.05, 0) is 92.0 Å². The molecule has 1 aromatic heterocycles. The van der Waals surface area contributed by atoms with Gasteiger partial charge in [0, 0.05) is 32.9 Å². The van der Waals surface area contributed by atoms with Gasteiger partial charge in [-0.3, -0.25) is 0 Å². The van der Waals surface area contributed by atoms with Gasteiger partial charge in [0.1, 0.15) is 0 Å². The van der Waals surface area contributed by atoms with Crippen LogP contribution in [0.2, 0.25) is 0 Å². The lowest BCUT2D eigenvalue weighted by molar-refractivity contribution is 0.569. The molecule has 0 bridgehead atoms. The van der Waals surface area contributed by atoms with Gasteiger partial charge in [0.05, 0.1) is 22.4 Å².